The van der Waals surface area contributed by atoms with Gasteiger partial charge in [0.05, 0.1) is 6.10 Å². The fourth-order valence-electron chi connectivity index (χ4n) is 3.59. The largest absolute Gasteiger partial charge is 0.378 e. The molecule has 0 radical (unpaired) electrons. The van der Waals surface area contributed by atoms with Gasteiger partial charge < -0.3 is 20.7 Å². The first-order valence-electron chi connectivity index (χ1n) is 9.43. The van der Waals surface area contributed by atoms with Crippen LogP contribution in [0.3, 0.4) is 0 Å². The lowest BCUT2D eigenvalue weighted by molar-refractivity contribution is -0.133. The van der Waals surface area contributed by atoms with Gasteiger partial charge in [-0.25, -0.2) is 0 Å². The summed E-state index contributed by atoms with van der Waals surface area (Å²) in [6, 6.07) is 0.365. The van der Waals surface area contributed by atoms with E-state index in [1.165, 1.54) is 0 Å². The van der Waals surface area contributed by atoms with Crippen LogP contribution < -0.4 is 16.0 Å². The number of aliphatic imine (C=N–C) groups is 1. The molecule has 1 amide bonds. The fraction of sp³-hybridized carbons (Fsp3) is 0.889. The molecule has 1 fully saturated rings. The Hall–Kier alpha value is -1.30. The van der Waals surface area contributed by atoms with Gasteiger partial charge in [0.15, 0.2) is 5.96 Å². The molecule has 0 aromatic carbocycles. The van der Waals surface area contributed by atoms with E-state index in [1.54, 1.807) is 7.05 Å². The summed E-state index contributed by atoms with van der Waals surface area (Å²) in [6.45, 7) is 10.7. The Morgan fingerprint density at radius 2 is 1.88 bits per heavy atom. The van der Waals surface area contributed by atoms with Crippen LogP contribution in [0.5, 0.6) is 0 Å². The van der Waals surface area contributed by atoms with Gasteiger partial charge in [0.2, 0.25) is 5.91 Å². The van der Waals surface area contributed by atoms with Gasteiger partial charge in [0.1, 0.15) is 0 Å². The maximum absolute atomic E-state index is 11.6. The molecule has 1 saturated carbocycles. The van der Waals surface area contributed by atoms with Crippen LogP contribution >= 0.6 is 0 Å². The lowest BCUT2D eigenvalue weighted by atomic mass is 9.58. The first-order valence-corrected chi connectivity index (χ1v) is 9.43. The Balaban J connectivity index is 2.46. The van der Waals surface area contributed by atoms with Crippen LogP contribution in [-0.2, 0) is 9.53 Å². The number of hydrogen-bond donors (Lipinski definition) is 3. The zero-order valence-corrected chi connectivity index (χ0v) is 16.1. The number of carbonyl (C=O) groups excluding carboxylic acids is 1. The molecular weight excluding hydrogens is 304 g/mol. The molecule has 3 N–H and O–H groups in total. The van der Waals surface area contributed by atoms with Crippen molar-refractivity contribution in [1.82, 2.24) is 16.0 Å². The van der Waals surface area contributed by atoms with Gasteiger partial charge in [-0.1, -0.05) is 20.8 Å². The predicted octanol–water partition coefficient (Wildman–Crippen LogP) is 2.05. The lowest BCUT2D eigenvalue weighted by Gasteiger charge is -2.55. The summed E-state index contributed by atoms with van der Waals surface area (Å²) in [5.41, 5.74) is 0.173. The van der Waals surface area contributed by atoms with Crippen LogP contribution in [0.25, 0.3) is 0 Å². The zero-order valence-electron chi connectivity index (χ0n) is 16.1. The van der Waals surface area contributed by atoms with E-state index < -0.39 is 0 Å². The normalized spacial score (nSPS) is 22.6. The van der Waals surface area contributed by atoms with Gasteiger partial charge in [-0.15, -0.1) is 0 Å². The van der Waals surface area contributed by atoms with Gasteiger partial charge >= 0.3 is 0 Å². The molecule has 2 unspecified atom stereocenters. The van der Waals surface area contributed by atoms with Gasteiger partial charge in [0.25, 0.3) is 0 Å². The third-order valence-electron chi connectivity index (χ3n) is 5.22. The van der Waals surface area contributed by atoms with E-state index in [1.807, 2.05) is 6.92 Å². The molecule has 1 rings (SSSR count). The van der Waals surface area contributed by atoms with Crippen LogP contribution in [0.15, 0.2) is 4.99 Å². The number of nitrogens with zero attached hydrogens (tertiary/aromatic N) is 1. The summed E-state index contributed by atoms with van der Waals surface area (Å²) in [5.74, 6) is 0.848. The number of rotatable bonds is 10. The standard InChI is InChI=1S/C18H36N4O2/c1-6-11-20-16(23)10-12-21-17(19-5)22-14-13-15(24-9-4)18(14,7-2)8-3/h14-15H,6-13H2,1-5H3,(H,20,23)(H2,19,21,22). The quantitative estimate of drug-likeness (QED) is 0.420. The second-order valence-electron chi connectivity index (χ2n) is 6.42. The van der Waals surface area contributed by atoms with E-state index in [-0.39, 0.29) is 11.3 Å². The third-order valence-corrected chi connectivity index (χ3v) is 5.22. The molecule has 140 valence electrons. The van der Waals surface area contributed by atoms with E-state index in [4.69, 9.17) is 4.74 Å². The summed E-state index contributed by atoms with van der Waals surface area (Å²) >= 11 is 0. The molecule has 0 aliphatic heterocycles. The number of hydrogen-bond acceptors (Lipinski definition) is 3. The second-order valence-corrected chi connectivity index (χ2v) is 6.42. The Labute approximate surface area is 147 Å². The molecule has 0 heterocycles. The minimum atomic E-state index is 0.0799. The summed E-state index contributed by atoms with van der Waals surface area (Å²) in [4.78, 5) is 15.9. The minimum absolute atomic E-state index is 0.0799. The Morgan fingerprint density at radius 3 is 2.42 bits per heavy atom. The van der Waals surface area contributed by atoms with E-state index in [0.717, 1.165) is 44.8 Å². The van der Waals surface area contributed by atoms with Crippen molar-refractivity contribution < 1.29 is 9.53 Å². The molecule has 2 atom stereocenters. The molecular formula is C18H36N4O2. The number of nitrogens with one attached hydrogen (secondary N) is 3. The summed E-state index contributed by atoms with van der Waals surface area (Å²) in [5, 5.41) is 9.66. The summed E-state index contributed by atoms with van der Waals surface area (Å²) in [6.07, 6.45) is 4.92. The van der Waals surface area contributed by atoms with Crippen molar-refractivity contribution in [3.05, 3.63) is 0 Å². The maximum atomic E-state index is 11.6. The van der Waals surface area contributed by atoms with Crippen molar-refractivity contribution in [3.8, 4) is 0 Å². The first kappa shape index (κ1) is 20.7. The topological polar surface area (TPSA) is 74.8 Å². The van der Waals surface area contributed by atoms with Crippen LogP contribution in [0.1, 0.15) is 59.8 Å². The fourth-order valence-corrected chi connectivity index (χ4v) is 3.59. The average Bonchev–Trinajstić information content (AvgIpc) is 2.58. The van der Waals surface area contributed by atoms with Crippen molar-refractivity contribution >= 4 is 11.9 Å². The SMILES string of the molecule is CCCNC(=O)CCNC(=NC)NC1CC(OCC)C1(CC)CC. The molecule has 1 aliphatic rings. The van der Waals surface area contributed by atoms with Gasteiger partial charge in [-0.05, 0) is 32.6 Å². The Bertz CT molecular complexity index is 408. The number of ether oxygens (including phenoxy) is 1. The van der Waals surface area contributed by atoms with E-state index >= 15 is 0 Å². The van der Waals surface area contributed by atoms with E-state index in [9.17, 15) is 4.79 Å². The lowest BCUT2D eigenvalue weighted by Crippen LogP contribution is -2.65. The van der Waals surface area contributed by atoms with Gasteiger partial charge in [-0.3, -0.25) is 9.79 Å². The minimum Gasteiger partial charge on any atom is -0.378 e. The summed E-state index contributed by atoms with van der Waals surface area (Å²) in [7, 11) is 1.77. The number of amides is 1. The molecule has 0 aromatic heterocycles. The van der Waals surface area contributed by atoms with E-state index in [0.29, 0.717) is 25.1 Å². The van der Waals surface area contributed by atoms with Crippen molar-refractivity contribution in [3.63, 3.8) is 0 Å². The highest BCUT2D eigenvalue weighted by Crippen LogP contribution is 2.48. The monoisotopic (exact) mass is 340 g/mol. The van der Waals surface area contributed by atoms with Crippen LogP contribution in [0.2, 0.25) is 0 Å². The predicted molar refractivity (Wildman–Crippen MR) is 99.2 cm³/mol. The van der Waals surface area contributed by atoms with Gasteiger partial charge in [-0.2, -0.15) is 0 Å². The molecule has 24 heavy (non-hydrogen) atoms. The molecule has 1 aliphatic carbocycles. The van der Waals surface area contributed by atoms with Gasteiger partial charge in [0, 0.05) is 44.6 Å². The molecule has 0 saturated heterocycles. The highest BCUT2D eigenvalue weighted by Gasteiger charge is 2.53. The smallest absolute Gasteiger partial charge is 0.221 e. The van der Waals surface area contributed by atoms with Crippen LogP contribution in [-0.4, -0.2) is 50.8 Å². The molecule has 6 nitrogen and oxygen atoms in total. The number of guanidine groups is 1. The van der Waals surface area contributed by atoms with Crippen molar-refractivity contribution in [2.24, 2.45) is 10.4 Å². The van der Waals surface area contributed by atoms with Crippen molar-refractivity contribution in [1.29, 1.82) is 0 Å². The Morgan fingerprint density at radius 1 is 1.17 bits per heavy atom. The molecule has 0 aromatic rings. The van der Waals surface area contributed by atoms with Crippen molar-refractivity contribution in [2.45, 2.75) is 71.9 Å². The Kier molecular flexibility index (Phi) is 9.11. The number of carbonyl (C=O) groups is 1. The van der Waals surface area contributed by atoms with Crippen molar-refractivity contribution in [2.75, 3.05) is 26.7 Å². The molecule has 6 heteroatoms. The highest BCUT2D eigenvalue weighted by atomic mass is 16.5. The van der Waals surface area contributed by atoms with Crippen LogP contribution in [0.4, 0.5) is 0 Å². The molecule has 0 spiro atoms. The molecule has 0 bridgehead atoms. The zero-order chi connectivity index (χ0) is 18.0. The van der Waals surface area contributed by atoms with E-state index in [2.05, 4.69) is 41.7 Å². The maximum Gasteiger partial charge on any atom is 0.221 e. The van der Waals surface area contributed by atoms with Crippen LogP contribution in [0, 0.1) is 5.41 Å². The highest BCUT2D eigenvalue weighted by molar-refractivity contribution is 5.81. The summed E-state index contributed by atoms with van der Waals surface area (Å²) < 4.78 is 5.92. The average molecular weight is 341 g/mol. The second kappa shape index (κ2) is 10.5. The third kappa shape index (κ3) is 5.10. The first-order chi connectivity index (χ1) is 11.6.